The van der Waals surface area contributed by atoms with Gasteiger partial charge in [-0.1, -0.05) is 12.8 Å². The van der Waals surface area contributed by atoms with Gasteiger partial charge in [-0.15, -0.1) is 11.8 Å². The van der Waals surface area contributed by atoms with Gasteiger partial charge in [-0.3, -0.25) is 4.79 Å². The van der Waals surface area contributed by atoms with Gasteiger partial charge in [-0.2, -0.15) is 0 Å². The number of rotatable bonds is 3. The highest BCUT2D eigenvalue weighted by Gasteiger charge is 2.23. The van der Waals surface area contributed by atoms with Gasteiger partial charge in [0.2, 0.25) is 5.91 Å². The van der Waals surface area contributed by atoms with Gasteiger partial charge in [0.15, 0.2) is 0 Å². The Morgan fingerprint density at radius 3 is 2.75 bits per heavy atom. The first kappa shape index (κ1) is 9.86. The first-order chi connectivity index (χ1) is 5.70. The molecule has 3 nitrogen and oxygen atoms in total. The minimum atomic E-state index is -0.294. The van der Waals surface area contributed by atoms with Gasteiger partial charge in [-0.05, 0) is 12.8 Å². The molecule has 0 aromatic heterocycles. The second-order valence-corrected chi connectivity index (χ2v) is 4.40. The second kappa shape index (κ2) is 4.72. The molecule has 12 heavy (non-hydrogen) atoms. The summed E-state index contributed by atoms with van der Waals surface area (Å²) in [6, 6.07) is 0. The van der Waals surface area contributed by atoms with Crippen LogP contribution in [-0.2, 0) is 4.79 Å². The van der Waals surface area contributed by atoms with Crippen molar-refractivity contribution in [1.29, 1.82) is 0 Å². The van der Waals surface area contributed by atoms with Crippen LogP contribution in [0.4, 0.5) is 0 Å². The zero-order valence-corrected chi connectivity index (χ0v) is 7.85. The summed E-state index contributed by atoms with van der Waals surface area (Å²) in [6.45, 7) is 0. The summed E-state index contributed by atoms with van der Waals surface area (Å²) in [7, 11) is 0. The summed E-state index contributed by atoms with van der Waals surface area (Å²) >= 11 is 1.49. The molecule has 0 aliphatic heterocycles. The number of hydrogen-bond acceptors (Lipinski definition) is 3. The number of nitrogens with two attached hydrogens (primary N) is 1. The van der Waals surface area contributed by atoms with Crippen LogP contribution in [-0.4, -0.2) is 28.1 Å². The van der Waals surface area contributed by atoms with Crippen LogP contribution < -0.4 is 5.73 Å². The summed E-state index contributed by atoms with van der Waals surface area (Å²) in [5.74, 6) is 0.0413. The number of amides is 1. The van der Waals surface area contributed by atoms with E-state index in [0.717, 1.165) is 25.7 Å². The Balaban J connectivity index is 2.24. The highest BCUT2D eigenvalue weighted by Crippen LogP contribution is 2.28. The summed E-state index contributed by atoms with van der Waals surface area (Å²) in [6.07, 6.45) is 3.92. The monoisotopic (exact) mass is 189 g/mol. The van der Waals surface area contributed by atoms with Crippen molar-refractivity contribution in [3.63, 3.8) is 0 Å². The van der Waals surface area contributed by atoms with E-state index in [4.69, 9.17) is 5.73 Å². The summed E-state index contributed by atoms with van der Waals surface area (Å²) in [5, 5.41) is 9.74. The molecule has 0 bridgehead atoms. The van der Waals surface area contributed by atoms with Crippen LogP contribution in [0.25, 0.3) is 0 Å². The van der Waals surface area contributed by atoms with Crippen LogP contribution in [0.3, 0.4) is 0 Å². The SMILES string of the molecule is NC(=O)CSC1CCCCC1O. The van der Waals surface area contributed by atoms with Gasteiger partial charge < -0.3 is 10.8 Å². The van der Waals surface area contributed by atoms with Gasteiger partial charge in [-0.25, -0.2) is 0 Å². The number of carbonyl (C=O) groups excluding carboxylic acids is 1. The molecule has 1 fully saturated rings. The quantitative estimate of drug-likeness (QED) is 0.680. The highest BCUT2D eigenvalue weighted by molar-refractivity contribution is 8.00. The van der Waals surface area contributed by atoms with Gasteiger partial charge in [0.1, 0.15) is 0 Å². The number of carbonyl (C=O) groups is 1. The maximum atomic E-state index is 10.5. The molecular weight excluding hydrogens is 174 g/mol. The maximum Gasteiger partial charge on any atom is 0.227 e. The average molecular weight is 189 g/mol. The Morgan fingerprint density at radius 2 is 2.17 bits per heavy atom. The molecular formula is C8H15NO2S. The van der Waals surface area contributed by atoms with E-state index in [2.05, 4.69) is 0 Å². The lowest BCUT2D eigenvalue weighted by molar-refractivity contribution is -0.115. The zero-order chi connectivity index (χ0) is 8.97. The van der Waals surface area contributed by atoms with E-state index >= 15 is 0 Å². The number of aliphatic hydroxyl groups is 1. The summed E-state index contributed by atoms with van der Waals surface area (Å²) in [5.41, 5.74) is 5.01. The molecule has 0 saturated heterocycles. The number of primary amides is 1. The molecule has 1 saturated carbocycles. The second-order valence-electron chi connectivity index (χ2n) is 3.17. The van der Waals surface area contributed by atoms with E-state index in [0.29, 0.717) is 5.75 Å². The Morgan fingerprint density at radius 1 is 1.50 bits per heavy atom. The van der Waals surface area contributed by atoms with E-state index in [1.807, 2.05) is 0 Å². The molecule has 1 aliphatic rings. The van der Waals surface area contributed by atoms with Crippen molar-refractivity contribution >= 4 is 17.7 Å². The van der Waals surface area contributed by atoms with Crippen molar-refractivity contribution in [3.8, 4) is 0 Å². The third kappa shape index (κ3) is 3.03. The molecule has 0 heterocycles. The Kier molecular flexibility index (Phi) is 3.88. The first-order valence-corrected chi connectivity index (χ1v) is 5.33. The smallest absolute Gasteiger partial charge is 0.227 e. The van der Waals surface area contributed by atoms with E-state index in [1.165, 1.54) is 11.8 Å². The predicted molar refractivity (Wildman–Crippen MR) is 49.9 cm³/mol. The van der Waals surface area contributed by atoms with E-state index in [1.54, 1.807) is 0 Å². The molecule has 3 N–H and O–H groups in total. The highest BCUT2D eigenvalue weighted by atomic mass is 32.2. The fourth-order valence-electron chi connectivity index (χ4n) is 1.46. The van der Waals surface area contributed by atoms with Crippen LogP contribution in [0.2, 0.25) is 0 Å². The predicted octanol–water partition coefficient (Wildman–Crippen LogP) is 0.508. The van der Waals surface area contributed by atoms with Crippen LogP contribution in [0, 0.1) is 0 Å². The van der Waals surface area contributed by atoms with Crippen LogP contribution in [0.15, 0.2) is 0 Å². The Hall–Kier alpha value is -0.220. The third-order valence-corrected chi connectivity index (χ3v) is 3.54. The fraction of sp³-hybridized carbons (Fsp3) is 0.875. The van der Waals surface area contributed by atoms with Gasteiger partial charge in [0.25, 0.3) is 0 Å². The molecule has 2 unspecified atom stereocenters. The van der Waals surface area contributed by atoms with Gasteiger partial charge in [0.05, 0.1) is 11.9 Å². The van der Waals surface area contributed by atoms with Crippen molar-refractivity contribution in [3.05, 3.63) is 0 Å². The third-order valence-electron chi connectivity index (χ3n) is 2.11. The minimum absolute atomic E-state index is 0.228. The van der Waals surface area contributed by atoms with Crippen molar-refractivity contribution in [2.45, 2.75) is 37.0 Å². The summed E-state index contributed by atoms with van der Waals surface area (Å²) < 4.78 is 0. The van der Waals surface area contributed by atoms with Crippen molar-refractivity contribution in [2.24, 2.45) is 5.73 Å². The molecule has 0 radical (unpaired) electrons. The van der Waals surface area contributed by atoms with Crippen molar-refractivity contribution in [2.75, 3.05) is 5.75 Å². The lowest BCUT2D eigenvalue weighted by Crippen LogP contribution is -2.28. The fourth-order valence-corrected chi connectivity index (χ4v) is 2.53. The van der Waals surface area contributed by atoms with Crippen LogP contribution in [0.5, 0.6) is 0 Å². The molecule has 0 aromatic rings. The molecule has 70 valence electrons. The standard InChI is InChI=1S/C8H15NO2S/c9-8(11)5-12-7-4-2-1-3-6(7)10/h6-7,10H,1-5H2,(H2,9,11). The normalized spacial score (nSPS) is 30.1. The number of aliphatic hydroxyl groups excluding tert-OH is 1. The van der Waals surface area contributed by atoms with Gasteiger partial charge >= 0.3 is 0 Å². The van der Waals surface area contributed by atoms with Gasteiger partial charge in [0, 0.05) is 5.25 Å². The van der Waals surface area contributed by atoms with E-state index in [9.17, 15) is 9.90 Å². The number of thioether (sulfide) groups is 1. The molecule has 0 aromatic carbocycles. The van der Waals surface area contributed by atoms with E-state index < -0.39 is 0 Å². The topological polar surface area (TPSA) is 63.3 Å². The molecule has 4 heteroatoms. The maximum absolute atomic E-state index is 10.5. The van der Waals surface area contributed by atoms with E-state index in [-0.39, 0.29) is 17.3 Å². The summed E-state index contributed by atoms with van der Waals surface area (Å²) in [4.78, 5) is 10.5. The van der Waals surface area contributed by atoms with Crippen LogP contribution in [0.1, 0.15) is 25.7 Å². The van der Waals surface area contributed by atoms with Crippen molar-refractivity contribution in [1.82, 2.24) is 0 Å². The first-order valence-electron chi connectivity index (χ1n) is 4.28. The lowest BCUT2D eigenvalue weighted by atomic mass is 9.97. The minimum Gasteiger partial charge on any atom is -0.392 e. The molecule has 0 spiro atoms. The Labute approximate surface area is 76.7 Å². The largest absolute Gasteiger partial charge is 0.392 e. The molecule has 1 amide bonds. The zero-order valence-electron chi connectivity index (χ0n) is 7.03. The molecule has 2 atom stereocenters. The Bertz CT molecular complexity index is 163. The van der Waals surface area contributed by atoms with Crippen molar-refractivity contribution < 1.29 is 9.90 Å². The molecule has 1 rings (SSSR count). The van der Waals surface area contributed by atoms with Crippen LogP contribution >= 0.6 is 11.8 Å². The lowest BCUT2D eigenvalue weighted by Gasteiger charge is -2.26. The molecule has 1 aliphatic carbocycles. The average Bonchev–Trinajstić information content (AvgIpc) is 2.03. The number of hydrogen-bond donors (Lipinski definition) is 2.